The van der Waals surface area contributed by atoms with Gasteiger partial charge in [0.15, 0.2) is 0 Å². The van der Waals surface area contributed by atoms with Crippen molar-refractivity contribution in [3.63, 3.8) is 0 Å². The highest BCUT2D eigenvalue weighted by atomic mass is 19.1. The Labute approximate surface area is 217 Å². The lowest BCUT2D eigenvalue weighted by Crippen LogP contribution is -2.45. The summed E-state index contributed by atoms with van der Waals surface area (Å²) in [6.07, 6.45) is 6.65. The Morgan fingerprint density at radius 2 is 2.00 bits per heavy atom. The molecular formula is C30H46FNO4. The van der Waals surface area contributed by atoms with Crippen molar-refractivity contribution in [3.05, 3.63) is 71.6 Å². The van der Waals surface area contributed by atoms with E-state index in [4.69, 9.17) is 9.47 Å². The molecule has 5 nitrogen and oxygen atoms in total. The van der Waals surface area contributed by atoms with Gasteiger partial charge in [0.25, 0.3) is 0 Å². The Bertz CT molecular complexity index is 862. The van der Waals surface area contributed by atoms with Gasteiger partial charge in [0.05, 0.1) is 25.9 Å². The van der Waals surface area contributed by atoms with Gasteiger partial charge < -0.3 is 19.9 Å². The van der Waals surface area contributed by atoms with E-state index in [9.17, 15) is 14.3 Å². The van der Waals surface area contributed by atoms with E-state index in [0.717, 1.165) is 12.8 Å². The number of aliphatic hydroxyl groups is 1. The lowest BCUT2D eigenvalue weighted by atomic mass is 9.86. The van der Waals surface area contributed by atoms with Crippen LogP contribution in [0.2, 0.25) is 0 Å². The third-order valence-electron chi connectivity index (χ3n) is 5.97. The number of benzene rings is 1. The third kappa shape index (κ3) is 13.7. The topological polar surface area (TPSA) is 67.8 Å². The minimum atomic E-state index is -0.719. The molecule has 1 aromatic rings. The minimum absolute atomic E-state index is 0.0457. The Morgan fingerprint density at radius 1 is 1.28 bits per heavy atom. The summed E-state index contributed by atoms with van der Waals surface area (Å²) in [4.78, 5) is 11.6. The molecule has 0 heterocycles. The van der Waals surface area contributed by atoms with E-state index in [-0.39, 0.29) is 31.1 Å². The monoisotopic (exact) mass is 503 g/mol. The fraction of sp³-hybridized carbons (Fsp3) is 0.567. The second-order valence-corrected chi connectivity index (χ2v) is 10.1. The standard InChI is InChI=1S/C30H46FNO4/c1-7-9-16-28(31)26(15-12-17-29(34)36-8-2)21-35-22-27(33)20-32-30(5,6)19-23(3)18-25-14-11-10-13-24(25)4/h7,9-11,13-14,16,23,27,32-33H,1,8,12,15,17-22H2,2-6H3/b16-9-,28-26-. The van der Waals surface area contributed by atoms with Gasteiger partial charge in [-0.1, -0.05) is 49.9 Å². The number of halogens is 1. The second kappa shape index (κ2) is 17.2. The first-order valence-corrected chi connectivity index (χ1v) is 13.0. The zero-order valence-electron chi connectivity index (χ0n) is 22.8. The quantitative estimate of drug-likeness (QED) is 0.190. The number of hydrogen-bond donors (Lipinski definition) is 2. The maximum absolute atomic E-state index is 14.5. The summed E-state index contributed by atoms with van der Waals surface area (Å²) in [5.41, 5.74) is 2.98. The molecule has 0 fully saturated rings. The van der Waals surface area contributed by atoms with Crippen LogP contribution in [-0.2, 0) is 20.7 Å². The van der Waals surface area contributed by atoms with Gasteiger partial charge in [-0.2, -0.15) is 0 Å². The van der Waals surface area contributed by atoms with Gasteiger partial charge in [0.2, 0.25) is 0 Å². The molecule has 0 radical (unpaired) electrons. The summed E-state index contributed by atoms with van der Waals surface area (Å²) in [6.45, 7) is 14.8. The smallest absolute Gasteiger partial charge is 0.305 e. The first-order chi connectivity index (χ1) is 17.1. The number of carbonyl (C=O) groups is 1. The Balaban J connectivity index is 2.49. The number of esters is 1. The molecule has 2 N–H and O–H groups in total. The molecule has 36 heavy (non-hydrogen) atoms. The molecule has 0 aromatic heterocycles. The molecule has 0 spiro atoms. The normalized spacial score (nSPS) is 14.4. The van der Waals surface area contributed by atoms with Crippen molar-refractivity contribution < 1.29 is 23.8 Å². The van der Waals surface area contributed by atoms with Crippen LogP contribution in [0.25, 0.3) is 0 Å². The first-order valence-electron chi connectivity index (χ1n) is 13.0. The number of aryl methyl sites for hydroxylation is 1. The van der Waals surface area contributed by atoms with E-state index in [0.29, 0.717) is 37.5 Å². The van der Waals surface area contributed by atoms with Crippen molar-refractivity contribution in [1.29, 1.82) is 0 Å². The van der Waals surface area contributed by atoms with Crippen LogP contribution in [0, 0.1) is 12.8 Å². The SMILES string of the molecule is C=C/C=C\C(F)=C(/CCCC(=O)OCC)COCC(O)CNC(C)(C)CC(C)Cc1ccccc1C. The minimum Gasteiger partial charge on any atom is -0.466 e. The molecular weight excluding hydrogens is 457 g/mol. The predicted octanol–water partition coefficient (Wildman–Crippen LogP) is 6.01. The molecule has 6 heteroatoms. The molecule has 202 valence electrons. The highest BCUT2D eigenvalue weighted by molar-refractivity contribution is 5.69. The number of rotatable bonds is 18. The lowest BCUT2D eigenvalue weighted by molar-refractivity contribution is -0.143. The maximum Gasteiger partial charge on any atom is 0.305 e. The van der Waals surface area contributed by atoms with Crippen LogP contribution in [0.4, 0.5) is 4.39 Å². The zero-order valence-corrected chi connectivity index (χ0v) is 22.8. The van der Waals surface area contributed by atoms with Crippen LogP contribution in [0.5, 0.6) is 0 Å². The largest absolute Gasteiger partial charge is 0.466 e. The van der Waals surface area contributed by atoms with Crippen LogP contribution >= 0.6 is 0 Å². The number of hydrogen-bond acceptors (Lipinski definition) is 5. The van der Waals surface area contributed by atoms with E-state index in [1.54, 1.807) is 6.92 Å². The molecule has 2 atom stereocenters. The van der Waals surface area contributed by atoms with Crippen LogP contribution in [0.15, 0.2) is 60.5 Å². The van der Waals surface area contributed by atoms with E-state index in [1.807, 2.05) is 0 Å². The Hall–Kier alpha value is -2.28. The van der Waals surface area contributed by atoms with Crippen molar-refractivity contribution in [2.24, 2.45) is 5.92 Å². The van der Waals surface area contributed by atoms with Crippen molar-refractivity contribution >= 4 is 5.97 Å². The average molecular weight is 504 g/mol. The molecule has 1 aromatic carbocycles. The van der Waals surface area contributed by atoms with E-state index in [2.05, 4.69) is 63.9 Å². The highest BCUT2D eigenvalue weighted by Crippen LogP contribution is 2.22. The van der Waals surface area contributed by atoms with Gasteiger partial charge in [-0.15, -0.1) is 0 Å². The number of aliphatic hydroxyl groups excluding tert-OH is 1. The van der Waals surface area contributed by atoms with Crippen LogP contribution in [-0.4, -0.2) is 49.1 Å². The molecule has 2 unspecified atom stereocenters. The van der Waals surface area contributed by atoms with Crippen molar-refractivity contribution in [2.45, 2.75) is 78.4 Å². The van der Waals surface area contributed by atoms with Gasteiger partial charge in [-0.3, -0.25) is 4.79 Å². The van der Waals surface area contributed by atoms with Crippen molar-refractivity contribution in [3.8, 4) is 0 Å². The fourth-order valence-electron chi connectivity index (χ4n) is 4.21. The lowest BCUT2D eigenvalue weighted by Gasteiger charge is -2.31. The Kier molecular flexibility index (Phi) is 15.2. The highest BCUT2D eigenvalue weighted by Gasteiger charge is 2.22. The van der Waals surface area contributed by atoms with Gasteiger partial charge in [-0.25, -0.2) is 4.39 Å². The molecule has 0 aliphatic rings. The molecule has 0 aliphatic heterocycles. The first kappa shape index (κ1) is 31.7. The summed E-state index contributed by atoms with van der Waals surface area (Å²) in [5, 5.41) is 13.9. The average Bonchev–Trinajstić information content (AvgIpc) is 2.81. The molecule has 0 amide bonds. The number of carbonyl (C=O) groups excluding carboxylic acids is 1. The van der Waals surface area contributed by atoms with Crippen molar-refractivity contribution in [2.75, 3.05) is 26.4 Å². The summed E-state index contributed by atoms with van der Waals surface area (Å²) >= 11 is 0. The molecule has 0 saturated heterocycles. The van der Waals surface area contributed by atoms with Crippen LogP contribution < -0.4 is 5.32 Å². The summed E-state index contributed by atoms with van der Waals surface area (Å²) < 4.78 is 25.1. The molecule has 0 aliphatic carbocycles. The maximum atomic E-state index is 14.5. The zero-order chi connectivity index (χ0) is 27.0. The number of nitrogens with one attached hydrogen (secondary N) is 1. The molecule has 0 bridgehead atoms. The van der Waals surface area contributed by atoms with Gasteiger partial charge in [0.1, 0.15) is 5.83 Å². The Morgan fingerprint density at radius 3 is 2.67 bits per heavy atom. The van der Waals surface area contributed by atoms with Crippen molar-refractivity contribution in [1.82, 2.24) is 5.32 Å². The molecule has 0 saturated carbocycles. The second-order valence-electron chi connectivity index (χ2n) is 10.1. The van der Waals surface area contributed by atoms with E-state index >= 15 is 0 Å². The number of ether oxygens (including phenoxy) is 2. The predicted molar refractivity (Wildman–Crippen MR) is 146 cm³/mol. The van der Waals surface area contributed by atoms with E-state index < -0.39 is 11.9 Å². The van der Waals surface area contributed by atoms with Gasteiger partial charge in [-0.05, 0) is 82.1 Å². The number of allylic oxidation sites excluding steroid dienone is 4. The fourth-order valence-corrected chi connectivity index (χ4v) is 4.21. The van der Waals surface area contributed by atoms with Gasteiger partial charge >= 0.3 is 5.97 Å². The van der Waals surface area contributed by atoms with Crippen LogP contribution in [0.1, 0.15) is 64.5 Å². The van der Waals surface area contributed by atoms with E-state index in [1.165, 1.54) is 29.4 Å². The summed E-state index contributed by atoms with van der Waals surface area (Å²) in [7, 11) is 0. The van der Waals surface area contributed by atoms with Crippen LogP contribution in [0.3, 0.4) is 0 Å². The summed E-state index contributed by atoms with van der Waals surface area (Å²) in [5.74, 6) is -0.219. The van der Waals surface area contributed by atoms with Gasteiger partial charge in [0, 0.05) is 18.5 Å². The molecule has 1 rings (SSSR count). The summed E-state index contributed by atoms with van der Waals surface area (Å²) in [6, 6.07) is 8.47. The number of β-amino-alcohol motifs (C(OH)–C–C–N with tert-alkyl or cyclic N) is 1. The third-order valence-corrected chi connectivity index (χ3v) is 5.97.